The van der Waals surface area contributed by atoms with Gasteiger partial charge in [-0.15, -0.1) is 0 Å². The fourth-order valence-corrected chi connectivity index (χ4v) is 3.55. The summed E-state index contributed by atoms with van der Waals surface area (Å²) < 4.78 is 32.4. The van der Waals surface area contributed by atoms with Gasteiger partial charge in [-0.3, -0.25) is 4.79 Å². The average Bonchev–Trinajstić information content (AvgIpc) is 2.95. The largest absolute Gasteiger partial charge is 0.481 e. The Bertz CT molecular complexity index is 730. The highest BCUT2D eigenvalue weighted by Gasteiger charge is 2.22. The summed E-state index contributed by atoms with van der Waals surface area (Å²) in [5.74, 6) is -0.768. The standard InChI is InChI=1S/C17H24N2O5S/c1-13-12-24-17(18-13)19-25(22,23)15-9-6-8-14(11-15)7-4-2-3-5-10-16(20)21/h6,8-9,11,13H,2-5,7,10,12H2,1H3,(H,18,19)(H,20,21). The highest BCUT2D eigenvalue weighted by molar-refractivity contribution is 7.90. The Labute approximate surface area is 148 Å². The Balaban J connectivity index is 1.87. The van der Waals surface area contributed by atoms with E-state index in [4.69, 9.17) is 9.84 Å². The monoisotopic (exact) mass is 368 g/mol. The van der Waals surface area contributed by atoms with Crippen molar-refractivity contribution in [3.63, 3.8) is 0 Å². The topological polar surface area (TPSA) is 105 Å². The second-order valence-corrected chi connectivity index (χ2v) is 7.84. The zero-order valence-corrected chi connectivity index (χ0v) is 15.1. The first kappa shape index (κ1) is 19.2. The van der Waals surface area contributed by atoms with Gasteiger partial charge in [0.1, 0.15) is 6.61 Å². The number of amidine groups is 1. The molecule has 0 amide bonds. The Morgan fingerprint density at radius 2 is 2.08 bits per heavy atom. The van der Waals surface area contributed by atoms with Gasteiger partial charge >= 0.3 is 5.97 Å². The maximum absolute atomic E-state index is 12.4. The van der Waals surface area contributed by atoms with E-state index in [1.165, 1.54) is 6.07 Å². The van der Waals surface area contributed by atoms with Gasteiger partial charge in [-0.1, -0.05) is 25.0 Å². The summed E-state index contributed by atoms with van der Waals surface area (Å²) in [5, 5.41) is 8.59. The van der Waals surface area contributed by atoms with Crippen LogP contribution in [0.3, 0.4) is 0 Å². The molecule has 0 radical (unpaired) electrons. The molecule has 1 aromatic rings. The van der Waals surface area contributed by atoms with Crippen molar-refractivity contribution >= 4 is 22.0 Å². The molecule has 1 heterocycles. The number of ether oxygens (including phenoxy) is 1. The normalized spacial score (nSPS) is 17.0. The van der Waals surface area contributed by atoms with Gasteiger partial charge < -0.3 is 9.84 Å². The van der Waals surface area contributed by atoms with Crippen molar-refractivity contribution in [3.05, 3.63) is 29.8 Å². The molecule has 0 bridgehead atoms. The summed E-state index contributed by atoms with van der Waals surface area (Å²) in [5.41, 5.74) is 0.934. The summed E-state index contributed by atoms with van der Waals surface area (Å²) in [7, 11) is -3.71. The molecule has 0 aliphatic carbocycles. The van der Waals surface area contributed by atoms with E-state index in [-0.39, 0.29) is 23.4 Å². The summed E-state index contributed by atoms with van der Waals surface area (Å²) in [6.07, 6.45) is 4.30. The molecule has 2 rings (SSSR count). The number of rotatable bonds is 9. The average molecular weight is 368 g/mol. The van der Waals surface area contributed by atoms with E-state index in [9.17, 15) is 13.2 Å². The number of aliphatic imine (C=N–C) groups is 1. The molecular formula is C17H24N2O5S. The van der Waals surface area contributed by atoms with E-state index in [0.717, 1.165) is 31.2 Å². The molecule has 0 spiro atoms. The van der Waals surface area contributed by atoms with Gasteiger partial charge in [-0.2, -0.15) is 0 Å². The van der Waals surface area contributed by atoms with E-state index < -0.39 is 16.0 Å². The van der Waals surface area contributed by atoms with E-state index in [1.807, 2.05) is 13.0 Å². The number of nitrogens with zero attached hydrogens (tertiary/aromatic N) is 1. The molecule has 8 heteroatoms. The lowest BCUT2D eigenvalue weighted by molar-refractivity contribution is -0.137. The zero-order valence-electron chi connectivity index (χ0n) is 14.3. The quantitative estimate of drug-likeness (QED) is 0.651. The lowest BCUT2D eigenvalue weighted by atomic mass is 10.1. The van der Waals surface area contributed by atoms with Crippen LogP contribution < -0.4 is 4.72 Å². The SMILES string of the molecule is CC1COC(NS(=O)(=O)c2cccc(CCCCCCC(=O)O)c2)=N1. The third-order valence-electron chi connectivity index (χ3n) is 3.84. The molecule has 138 valence electrons. The van der Waals surface area contributed by atoms with Crippen molar-refractivity contribution in [1.29, 1.82) is 0 Å². The highest BCUT2D eigenvalue weighted by Crippen LogP contribution is 2.15. The molecule has 1 unspecified atom stereocenters. The van der Waals surface area contributed by atoms with Gasteiger partial charge in [0.15, 0.2) is 0 Å². The molecule has 1 aliphatic heterocycles. The number of hydrogen-bond donors (Lipinski definition) is 2. The van der Waals surface area contributed by atoms with Crippen molar-refractivity contribution in [2.24, 2.45) is 4.99 Å². The molecule has 7 nitrogen and oxygen atoms in total. The number of carboxylic acids is 1. The van der Waals surface area contributed by atoms with Crippen molar-refractivity contribution in [2.45, 2.75) is 56.4 Å². The van der Waals surface area contributed by atoms with Crippen LogP contribution in [0, 0.1) is 0 Å². The molecule has 0 saturated heterocycles. The fourth-order valence-electron chi connectivity index (χ4n) is 2.53. The van der Waals surface area contributed by atoms with Gasteiger partial charge in [0.2, 0.25) is 0 Å². The van der Waals surface area contributed by atoms with Crippen molar-refractivity contribution in [1.82, 2.24) is 4.72 Å². The third-order valence-corrected chi connectivity index (χ3v) is 5.15. The first-order valence-corrected chi connectivity index (χ1v) is 9.89. The van der Waals surface area contributed by atoms with Crippen LogP contribution in [0.5, 0.6) is 0 Å². The Morgan fingerprint density at radius 3 is 2.76 bits per heavy atom. The molecule has 1 atom stereocenters. The lowest BCUT2D eigenvalue weighted by Crippen LogP contribution is -2.30. The smallest absolute Gasteiger partial charge is 0.303 e. The Hall–Kier alpha value is -2.09. The third kappa shape index (κ3) is 6.38. The number of sulfonamides is 1. The van der Waals surface area contributed by atoms with Gasteiger partial charge in [-0.25, -0.2) is 18.1 Å². The fraction of sp³-hybridized carbons (Fsp3) is 0.529. The summed E-state index contributed by atoms with van der Waals surface area (Å²) in [6, 6.07) is 6.79. The number of aliphatic carboxylic acids is 1. The van der Waals surface area contributed by atoms with Gasteiger partial charge in [-0.05, 0) is 43.9 Å². The number of unbranched alkanes of at least 4 members (excludes halogenated alkanes) is 3. The van der Waals surface area contributed by atoms with E-state index in [1.54, 1.807) is 12.1 Å². The minimum atomic E-state index is -3.71. The van der Waals surface area contributed by atoms with Crippen LogP contribution in [0.15, 0.2) is 34.2 Å². The molecule has 1 aliphatic rings. The predicted octanol–water partition coefficient (Wildman–Crippen LogP) is 2.32. The van der Waals surface area contributed by atoms with Crippen LogP contribution >= 0.6 is 0 Å². The summed E-state index contributed by atoms with van der Waals surface area (Å²) >= 11 is 0. The van der Waals surface area contributed by atoms with Crippen LogP contribution in [-0.4, -0.2) is 38.2 Å². The maximum Gasteiger partial charge on any atom is 0.303 e. The maximum atomic E-state index is 12.4. The van der Waals surface area contributed by atoms with Gasteiger partial charge in [0.05, 0.1) is 10.9 Å². The van der Waals surface area contributed by atoms with Crippen LogP contribution in [0.2, 0.25) is 0 Å². The van der Waals surface area contributed by atoms with Crippen molar-refractivity contribution < 1.29 is 23.1 Å². The molecule has 0 aromatic heterocycles. The van der Waals surface area contributed by atoms with Crippen LogP contribution in [0.25, 0.3) is 0 Å². The van der Waals surface area contributed by atoms with Crippen LogP contribution in [0.4, 0.5) is 0 Å². The molecule has 2 N–H and O–H groups in total. The van der Waals surface area contributed by atoms with E-state index in [2.05, 4.69) is 9.71 Å². The summed E-state index contributed by atoms with van der Waals surface area (Å²) in [6.45, 7) is 2.22. The second kappa shape index (κ2) is 8.84. The first-order valence-electron chi connectivity index (χ1n) is 8.41. The number of hydrogen-bond acceptors (Lipinski definition) is 5. The van der Waals surface area contributed by atoms with Gasteiger partial charge in [0.25, 0.3) is 16.0 Å². The molecule has 1 aromatic carbocycles. The van der Waals surface area contributed by atoms with Crippen LogP contribution in [0.1, 0.15) is 44.6 Å². The molecule has 0 fully saturated rings. The minimum absolute atomic E-state index is 0.0383. The molecule has 0 saturated carbocycles. The zero-order chi connectivity index (χ0) is 18.3. The van der Waals surface area contributed by atoms with E-state index in [0.29, 0.717) is 13.0 Å². The lowest BCUT2D eigenvalue weighted by Gasteiger charge is -2.09. The van der Waals surface area contributed by atoms with E-state index >= 15 is 0 Å². The Kier molecular flexibility index (Phi) is 6.81. The van der Waals surface area contributed by atoms with Crippen molar-refractivity contribution in [3.8, 4) is 0 Å². The van der Waals surface area contributed by atoms with Crippen molar-refractivity contribution in [2.75, 3.05) is 6.61 Å². The number of carbonyl (C=O) groups is 1. The van der Waals surface area contributed by atoms with Crippen LogP contribution in [-0.2, 0) is 26.0 Å². The number of nitrogens with one attached hydrogen (secondary N) is 1. The summed E-state index contributed by atoms with van der Waals surface area (Å²) in [4.78, 5) is 14.7. The minimum Gasteiger partial charge on any atom is -0.481 e. The second-order valence-electron chi connectivity index (χ2n) is 6.16. The number of carboxylic acid groups (broad SMARTS) is 1. The first-order chi connectivity index (χ1) is 11.9. The molecule has 25 heavy (non-hydrogen) atoms. The molecular weight excluding hydrogens is 344 g/mol. The predicted molar refractivity (Wildman–Crippen MR) is 94.0 cm³/mol. The number of benzene rings is 1. The highest BCUT2D eigenvalue weighted by atomic mass is 32.2. The number of aryl methyl sites for hydroxylation is 1. The Morgan fingerprint density at radius 1 is 1.32 bits per heavy atom. The van der Waals surface area contributed by atoms with Gasteiger partial charge in [0, 0.05) is 6.42 Å².